The van der Waals surface area contributed by atoms with Gasteiger partial charge in [0.25, 0.3) is 0 Å². The van der Waals surface area contributed by atoms with Crippen molar-refractivity contribution in [1.29, 1.82) is 0 Å². The molecule has 2 atom stereocenters. The first kappa shape index (κ1) is 14.8. The van der Waals surface area contributed by atoms with E-state index in [-0.39, 0.29) is 0 Å². The van der Waals surface area contributed by atoms with Gasteiger partial charge in [-0.25, -0.2) is 0 Å². The lowest BCUT2D eigenvalue weighted by molar-refractivity contribution is -0.157. The van der Waals surface area contributed by atoms with Crippen LogP contribution in [0.2, 0.25) is 0 Å². The third-order valence-electron chi connectivity index (χ3n) is 2.96. The molecule has 104 valence electrons. The number of halogens is 3. The Bertz CT molecular complexity index is 331. The molecule has 0 aromatic carbocycles. The largest absolute Gasteiger partial charge is 0.390 e. The van der Waals surface area contributed by atoms with E-state index in [4.69, 9.17) is 0 Å². The van der Waals surface area contributed by atoms with Crippen molar-refractivity contribution in [2.75, 3.05) is 6.54 Å². The molecule has 0 aromatic rings. The highest BCUT2D eigenvalue weighted by molar-refractivity contribution is 5.96. The highest BCUT2D eigenvalue weighted by Crippen LogP contribution is 2.22. The van der Waals surface area contributed by atoms with Crippen LogP contribution in [-0.2, 0) is 9.59 Å². The number of alkyl halides is 3. The number of nitrogens with one attached hydrogen (secondary N) is 1. The van der Waals surface area contributed by atoms with Gasteiger partial charge in [-0.2, -0.15) is 13.2 Å². The minimum Gasteiger partial charge on any atom is -0.343 e. The molecular weight excluding hydrogens is 249 g/mol. The van der Waals surface area contributed by atoms with Crippen molar-refractivity contribution in [2.24, 2.45) is 0 Å². The summed E-state index contributed by atoms with van der Waals surface area (Å²) in [6.45, 7) is 2.82. The average molecular weight is 266 g/mol. The minimum atomic E-state index is -4.33. The third kappa shape index (κ3) is 3.61. The van der Waals surface area contributed by atoms with Gasteiger partial charge >= 0.3 is 6.18 Å². The molecule has 7 heteroatoms. The van der Waals surface area contributed by atoms with Crippen LogP contribution in [0.5, 0.6) is 0 Å². The number of hydrogen-bond acceptors (Lipinski definition) is 2. The molecular formula is C11H17F3N2O2. The Morgan fingerprint density at radius 2 is 1.94 bits per heavy atom. The van der Waals surface area contributed by atoms with Crippen LogP contribution in [0.1, 0.15) is 33.1 Å². The zero-order valence-corrected chi connectivity index (χ0v) is 10.4. The van der Waals surface area contributed by atoms with Gasteiger partial charge in [0.05, 0.1) is 6.42 Å². The summed E-state index contributed by atoms with van der Waals surface area (Å²) < 4.78 is 36.5. The molecule has 1 saturated heterocycles. The van der Waals surface area contributed by atoms with Gasteiger partial charge in [0.1, 0.15) is 12.1 Å². The van der Waals surface area contributed by atoms with E-state index in [0.717, 1.165) is 4.90 Å². The second kappa shape index (κ2) is 5.58. The Kier molecular flexibility index (Phi) is 4.59. The van der Waals surface area contributed by atoms with Gasteiger partial charge in [0.15, 0.2) is 0 Å². The topological polar surface area (TPSA) is 49.4 Å². The fourth-order valence-corrected chi connectivity index (χ4v) is 1.92. The van der Waals surface area contributed by atoms with E-state index in [9.17, 15) is 22.8 Å². The monoisotopic (exact) mass is 266 g/mol. The summed E-state index contributed by atoms with van der Waals surface area (Å²) in [5, 5.41) is 2.53. The maximum absolute atomic E-state index is 12.2. The summed E-state index contributed by atoms with van der Waals surface area (Å²) in [7, 11) is 0. The van der Waals surface area contributed by atoms with Crippen molar-refractivity contribution in [3.8, 4) is 0 Å². The van der Waals surface area contributed by atoms with E-state index in [1.807, 2.05) is 6.92 Å². The van der Waals surface area contributed by atoms with Gasteiger partial charge in [0, 0.05) is 6.54 Å². The highest BCUT2D eigenvalue weighted by atomic mass is 19.4. The molecule has 0 aliphatic carbocycles. The Morgan fingerprint density at radius 3 is 2.44 bits per heavy atom. The maximum atomic E-state index is 12.2. The number of nitrogens with zero attached hydrogens (tertiary/aromatic N) is 1. The lowest BCUT2D eigenvalue weighted by Crippen LogP contribution is -2.62. The molecule has 18 heavy (non-hydrogen) atoms. The Labute approximate surface area is 104 Å². The van der Waals surface area contributed by atoms with Crippen molar-refractivity contribution in [3.05, 3.63) is 0 Å². The number of rotatable bonds is 4. The first-order chi connectivity index (χ1) is 8.26. The molecule has 4 nitrogen and oxygen atoms in total. The van der Waals surface area contributed by atoms with Crippen molar-refractivity contribution < 1.29 is 22.8 Å². The molecule has 1 fully saturated rings. The molecule has 0 radical (unpaired) electrons. The minimum absolute atomic E-state index is 0.393. The predicted molar refractivity (Wildman–Crippen MR) is 58.7 cm³/mol. The third-order valence-corrected chi connectivity index (χ3v) is 2.96. The lowest BCUT2D eigenvalue weighted by atomic mass is 10.0. The number of amides is 2. The summed E-state index contributed by atoms with van der Waals surface area (Å²) in [5.41, 5.74) is 0. The van der Waals surface area contributed by atoms with Crippen LogP contribution in [0.15, 0.2) is 0 Å². The predicted octanol–water partition coefficient (Wildman–Crippen LogP) is 1.45. The fourth-order valence-electron chi connectivity index (χ4n) is 1.92. The molecule has 1 heterocycles. The molecule has 1 aliphatic rings. The van der Waals surface area contributed by atoms with Crippen molar-refractivity contribution in [3.63, 3.8) is 0 Å². The number of carbonyl (C=O) groups is 2. The first-order valence-corrected chi connectivity index (χ1v) is 5.94. The van der Waals surface area contributed by atoms with Crippen molar-refractivity contribution in [1.82, 2.24) is 10.2 Å². The second-order valence-electron chi connectivity index (χ2n) is 4.42. The van der Waals surface area contributed by atoms with Crippen LogP contribution < -0.4 is 5.32 Å². The highest BCUT2D eigenvalue weighted by Gasteiger charge is 2.39. The fraction of sp³-hybridized carbons (Fsp3) is 0.818. The van der Waals surface area contributed by atoms with Gasteiger partial charge in [0.2, 0.25) is 11.8 Å². The average Bonchev–Trinajstić information content (AvgIpc) is 2.24. The second-order valence-corrected chi connectivity index (χ2v) is 4.42. The zero-order chi connectivity index (χ0) is 13.9. The van der Waals surface area contributed by atoms with Gasteiger partial charge in [-0.3, -0.25) is 9.59 Å². The van der Waals surface area contributed by atoms with Gasteiger partial charge < -0.3 is 10.2 Å². The normalized spacial score (nSPS) is 25.3. The molecule has 2 unspecified atom stereocenters. The summed E-state index contributed by atoms with van der Waals surface area (Å²) in [5.74, 6) is -0.816. The number of piperazine rings is 1. The van der Waals surface area contributed by atoms with E-state index in [2.05, 4.69) is 5.32 Å². The van der Waals surface area contributed by atoms with E-state index in [1.54, 1.807) is 0 Å². The van der Waals surface area contributed by atoms with Crippen molar-refractivity contribution in [2.45, 2.75) is 51.4 Å². The molecule has 2 amide bonds. The summed E-state index contributed by atoms with van der Waals surface area (Å²) in [6.07, 6.45) is -4.29. The number of carbonyl (C=O) groups excluding carboxylic acids is 2. The first-order valence-electron chi connectivity index (χ1n) is 5.94. The smallest absolute Gasteiger partial charge is 0.343 e. The SMILES string of the molecule is CCCC1NC(=O)C(C)N(CCC(F)(F)F)C1=O. The number of hydrogen-bond donors (Lipinski definition) is 1. The Morgan fingerprint density at radius 1 is 1.33 bits per heavy atom. The van der Waals surface area contributed by atoms with E-state index in [1.165, 1.54) is 6.92 Å². The van der Waals surface area contributed by atoms with Gasteiger partial charge in [-0.1, -0.05) is 13.3 Å². The molecule has 1 N–H and O–H groups in total. The van der Waals surface area contributed by atoms with E-state index < -0.39 is 43.0 Å². The summed E-state index contributed by atoms with van der Waals surface area (Å²) in [4.78, 5) is 24.5. The lowest BCUT2D eigenvalue weighted by Gasteiger charge is -2.37. The van der Waals surface area contributed by atoms with Crippen LogP contribution in [0.3, 0.4) is 0 Å². The van der Waals surface area contributed by atoms with E-state index in [0.29, 0.717) is 12.8 Å². The van der Waals surface area contributed by atoms with Crippen LogP contribution >= 0.6 is 0 Å². The summed E-state index contributed by atoms with van der Waals surface area (Å²) in [6, 6.07) is -1.53. The van der Waals surface area contributed by atoms with Crippen LogP contribution in [0.25, 0.3) is 0 Å². The molecule has 0 aromatic heterocycles. The van der Waals surface area contributed by atoms with Crippen LogP contribution in [-0.4, -0.2) is 41.5 Å². The molecule has 0 saturated carbocycles. The van der Waals surface area contributed by atoms with E-state index >= 15 is 0 Å². The summed E-state index contributed by atoms with van der Waals surface area (Å²) >= 11 is 0. The van der Waals surface area contributed by atoms with Gasteiger partial charge in [-0.05, 0) is 13.3 Å². The Balaban J connectivity index is 2.72. The maximum Gasteiger partial charge on any atom is 0.390 e. The quantitative estimate of drug-likeness (QED) is 0.837. The van der Waals surface area contributed by atoms with Crippen molar-refractivity contribution >= 4 is 11.8 Å². The van der Waals surface area contributed by atoms with Crippen LogP contribution in [0, 0.1) is 0 Å². The molecule has 0 spiro atoms. The Hall–Kier alpha value is -1.27. The zero-order valence-electron chi connectivity index (χ0n) is 10.4. The molecule has 1 rings (SSSR count). The molecule has 0 bridgehead atoms. The van der Waals surface area contributed by atoms with Crippen LogP contribution in [0.4, 0.5) is 13.2 Å². The van der Waals surface area contributed by atoms with Gasteiger partial charge in [-0.15, -0.1) is 0 Å². The standard InChI is InChI=1S/C11H17F3N2O2/c1-3-4-8-10(18)16(6-5-11(12,13)14)7(2)9(17)15-8/h7-8H,3-6H2,1-2H3,(H,15,17). The molecule has 1 aliphatic heterocycles.